The molecule has 1 N–H and O–H groups in total. The van der Waals surface area contributed by atoms with Crippen LogP contribution in [0.5, 0.6) is 0 Å². The first-order valence-corrected chi connectivity index (χ1v) is 6.36. The van der Waals surface area contributed by atoms with Crippen LogP contribution in [0.4, 0.5) is 4.39 Å². The second kappa shape index (κ2) is 8.00. The Morgan fingerprint density at radius 2 is 2.28 bits per heavy atom. The Morgan fingerprint density at radius 1 is 1.50 bits per heavy atom. The van der Waals surface area contributed by atoms with Crippen LogP contribution in [0.3, 0.4) is 0 Å². The molecule has 18 heavy (non-hydrogen) atoms. The molecule has 3 nitrogen and oxygen atoms in total. The van der Waals surface area contributed by atoms with Gasteiger partial charge < -0.3 is 10.1 Å². The summed E-state index contributed by atoms with van der Waals surface area (Å²) in [6, 6.07) is 4.14. The number of benzene rings is 1. The Bertz CT molecular complexity index is 423. The van der Waals surface area contributed by atoms with Crippen molar-refractivity contribution < 1.29 is 13.9 Å². The molecule has 0 bridgehead atoms. The molecule has 0 aliphatic rings. The molecule has 0 aliphatic heterocycles. The quantitative estimate of drug-likeness (QED) is 0.620. The van der Waals surface area contributed by atoms with E-state index in [9.17, 15) is 9.18 Å². The van der Waals surface area contributed by atoms with Crippen molar-refractivity contribution in [2.45, 2.75) is 6.42 Å². The molecule has 0 heterocycles. The van der Waals surface area contributed by atoms with Crippen molar-refractivity contribution >= 4 is 21.8 Å². The Hall–Kier alpha value is -1.20. The highest BCUT2D eigenvalue weighted by molar-refractivity contribution is 9.10. The molecule has 1 aromatic rings. The van der Waals surface area contributed by atoms with Gasteiger partial charge in [-0.3, -0.25) is 4.79 Å². The molecule has 0 radical (unpaired) electrons. The fourth-order valence-electron chi connectivity index (χ4n) is 1.24. The summed E-state index contributed by atoms with van der Waals surface area (Å²) in [6.07, 6.45) is 2.56. The van der Waals surface area contributed by atoms with Gasteiger partial charge in [-0.15, -0.1) is 6.58 Å². The van der Waals surface area contributed by atoms with Crippen molar-refractivity contribution in [2.75, 3.05) is 19.8 Å². The van der Waals surface area contributed by atoms with Crippen molar-refractivity contribution in [3.63, 3.8) is 0 Å². The third kappa shape index (κ3) is 4.98. The van der Waals surface area contributed by atoms with Gasteiger partial charge in [-0.25, -0.2) is 4.39 Å². The average Bonchev–Trinajstić information content (AvgIpc) is 2.36. The van der Waals surface area contributed by atoms with E-state index >= 15 is 0 Å². The normalized spacial score (nSPS) is 10.1. The third-order valence-electron chi connectivity index (χ3n) is 2.18. The molecule has 0 aliphatic carbocycles. The number of nitrogens with one attached hydrogen (secondary N) is 1. The van der Waals surface area contributed by atoms with Gasteiger partial charge in [0.2, 0.25) is 0 Å². The van der Waals surface area contributed by atoms with Crippen LogP contribution in [-0.4, -0.2) is 25.7 Å². The minimum atomic E-state index is -0.390. The molecule has 1 aromatic carbocycles. The summed E-state index contributed by atoms with van der Waals surface area (Å²) in [6.45, 7) is 5.04. The lowest BCUT2D eigenvalue weighted by Gasteiger charge is -2.06. The van der Waals surface area contributed by atoms with E-state index in [1.54, 1.807) is 6.08 Å². The van der Waals surface area contributed by atoms with E-state index < -0.39 is 0 Å². The van der Waals surface area contributed by atoms with E-state index in [1.165, 1.54) is 18.2 Å². The van der Waals surface area contributed by atoms with Gasteiger partial charge in [0.25, 0.3) is 5.91 Å². The molecular formula is C13H15BrFNO2. The molecule has 0 atom stereocenters. The minimum absolute atomic E-state index is 0.247. The van der Waals surface area contributed by atoms with E-state index in [4.69, 9.17) is 4.74 Å². The summed E-state index contributed by atoms with van der Waals surface area (Å²) >= 11 is 3.04. The van der Waals surface area contributed by atoms with Crippen LogP contribution in [0.15, 0.2) is 35.3 Å². The van der Waals surface area contributed by atoms with E-state index in [2.05, 4.69) is 27.8 Å². The van der Waals surface area contributed by atoms with Crippen LogP contribution in [0.2, 0.25) is 0 Å². The summed E-state index contributed by atoms with van der Waals surface area (Å²) < 4.78 is 18.5. The molecule has 0 saturated heterocycles. The van der Waals surface area contributed by atoms with Gasteiger partial charge in [0.05, 0.1) is 17.7 Å². The zero-order chi connectivity index (χ0) is 13.4. The van der Waals surface area contributed by atoms with Crippen LogP contribution >= 0.6 is 15.9 Å². The largest absolute Gasteiger partial charge is 0.379 e. The molecule has 1 amide bonds. The molecule has 1 rings (SSSR count). The van der Waals surface area contributed by atoms with Gasteiger partial charge in [0.15, 0.2) is 0 Å². The Labute approximate surface area is 114 Å². The highest BCUT2D eigenvalue weighted by Crippen LogP contribution is 2.16. The fraction of sp³-hybridized carbons (Fsp3) is 0.308. The molecular weight excluding hydrogens is 301 g/mol. The van der Waals surface area contributed by atoms with Gasteiger partial charge in [-0.2, -0.15) is 0 Å². The van der Waals surface area contributed by atoms with Crippen molar-refractivity contribution in [3.8, 4) is 0 Å². The van der Waals surface area contributed by atoms with E-state index in [-0.39, 0.29) is 16.2 Å². The molecule has 98 valence electrons. The number of amides is 1. The van der Waals surface area contributed by atoms with Crippen molar-refractivity contribution in [3.05, 3.63) is 46.7 Å². The predicted molar refractivity (Wildman–Crippen MR) is 72.1 cm³/mol. The topological polar surface area (TPSA) is 38.3 Å². The average molecular weight is 316 g/mol. The summed E-state index contributed by atoms with van der Waals surface area (Å²) in [5, 5.41) is 2.69. The number of carbonyl (C=O) groups is 1. The third-order valence-corrected chi connectivity index (χ3v) is 2.79. The maximum absolute atomic E-state index is 13.0. The lowest BCUT2D eigenvalue weighted by molar-refractivity contribution is 0.0918. The van der Waals surface area contributed by atoms with Crippen LogP contribution in [0.25, 0.3) is 0 Å². The lowest BCUT2D eigenvalue weighted by Crippen LogP contribution is -2.27. The molecule has 0 unspecified atom stereocenters. The zero-order valence-electron chi connectivity index (χ0n) is 9.92. The highest BCUT2D eigenvalue weighted by Gasteiger charge is 2.07. The summed E-state index contributed by atoms with van der Waals surface area (Å²) in [4.78, 5) is 11.7. The number of rotatable bonds is 7. The summed E-state index contributed by atoms with van der Waals surface area (Å²) in [7, 11) is 0. The monoisotopic (exact) mass is 315 g/mol. The SMILES string of the molecule is C=CCCOCCNC(=O)c1ccc(F)c(Br)c1. The van der Waals surface area contributed by atoms with Crippen LogP contribution in [0.1, 0.15) is 16.8 Å². The number of hydrogen-bond acceptors (Lipinski definition) is 2. The standard InChI is InChI=1S/C13H15BrFNO2/c1-2-3-7-18-8-6-16-13(17)10-4-5-12(15)11(14)9-10/h2,4-5,9H,1,3,6-8H2,(H,16,17). The lowest BCUT2D eigenvalue weighted by atomic mass is 10.2. The van der Waals surface area contributed by atoms with Gasteiger partial charge in [0, 0.05) is 12.1 Å². The molecule has 0 saturated carbocycles. The van der Waals surface area contributed by atoms with E-state index in [0.717, 1.165) is 6.42 Å². The molecule has 0 spiro atoms. The number of halogens is 2. The first-order chi connectivity index (χ1) is 8.65. The number of ether oxygens (including phenoxy) is 1. The van der Waals surface area contributed by atoms with Crippen LogP contribution in [-0.2, 0) is 4.74 Å². The van der Waals surface area contributed by atoms with Crippen LogP contribution < -0.4 is 5.32 Å². The summed E-state index contributed by atoms with van der Waals surface area (Å²) in [5.41, 5.74) is 0.411. The number of carbonyl (C=O) groups excluding carboxylic acids is 1. The van der Waals surface area contributed by atoms with E-state index in [0.29, 0.717) is 25.3 Å². The van der Waals surface area contributed by atoms with Gasteiger partial charge in [-0.05, 0) is 40.5 Å². The van der Waals surface area contributed by atoms with Gasteiger partial charge >= 0.3 is 0 Å². The Morgan fingerprint density at radius 3 is 2.94 bits per heavy atom. The molecule has 5 heteroatoms. The van der Waals surface area contributed by atoms with Crippen molar-refractivity contribution in [1.82, 2.24) is 5.32 Å². The molecule has 0 fully saturated rings. The Kier molecular flexibility index (Phi) is 6.60. The van der Waals surface area contributed by atoms with Crippen molar-refractivity contribution in [1.29, 1.82) is 0 Å². The van der Waals surface area contributed by atoms with Gasteiger partial charge in [0.1, 0.15) is 5.82 Å². The Balaban J connectivity index is 2.32. The van der Waals surface area contributed by atoms with Crippen LogP contribution in [0, 0.1) is 5.82 Å². The second-order valence-corrected chi connectivity index (χ2v) is 4.43. The predicted octanol–water partition coefficient (Wildman–Crippen LogP) is 2.91. The molecule has 0 aromatic heterocycles. The van der Waals surface area contributed by atoms with Gasteiger partial charge in [-0.1, -0.05) is 6.08 Å². The maximum Gasteiger partial charge on any atom is 0.251 e. The first-order valence-electron chi connectivity index (χ1n) is 5.57. The first kappa shape index (κ1) is 14.9. The van der Waals surface area contributed by atoms with E-state index in [1.807, 2.05) is 0 Å². The fourth-order valence-corrected chi connectivity index (χ4v) is 1.62. The smallest absolute Gasteiger partial charge is 0.251 e. The highest BCUT2D eigenvalue weighted by atomic mass is 79.9. The number of hydrogen-bond donors (Lipinski definition) is 1. The zero-order valence-corrected chi connectivity index (χ0v) is 11.5. The maximum atomic E-state index is 13.0. The minimum Gasteiger partial charge on any atom is -0.379 e. The summed E-state index contributed by atoms with van der Waals surface area (Å²) in [5.74, 6) is -0.637. The van der Waals surface area contributed by atoms with Crippen molar-refractivity contribution in [2.24, 2.45) is 0 Å². The second-order valence-electron chi connectivity index (χ2n) is 3.57.